The Kier molecular flexibility index (Phi) is 5.60. The lowest BCUT2D eigenvalue weighted by molar-refractivity contribution is -0.141. The van der Waals surface area contributed by atoms with Crippen LogP contribution in [0.1, 0.15) is 19.3 Å². The molecule has 114 valence electrons. The van der Waals surface area contributed by atoms with E-state index in [1.807, 2.05) is 0 Å². The van der Waals surface area contributed by atoms with E-state index in [1.165, 1.54) is 4.90 Å². The molecule has 0 bridgehead atoms. The predicted molar refractivity (Wildman–Crippen MR) is 74.7 cm³/mol. The van der Waals surface area contributed by atoms with E-state index in [1.54, 1.807) is 0 Å². The van der Waals surface area contributed by atoms with Gasteiger partial charge in [0.15, 0.2) is 0 Å². The first kappa shape index (κ1) is 15.1. The molecule has 20 heavy (non-hydrogen) atoms. The van der Waals surface area contributed by atoms with Gasteiger partial charge in [-0.2, -0.15) is 0 Å². The molecule has 2 fully saturated rings. The first-order valence-electron chi connectivity index (χ1n) is 7.39. The molecule has 2 saturated heterocycles. The molecule has 0 aromatic heterocycles. The van der Waals surface area contributed by atoms with Gasteiger partial charge in [-0.25, -0.2) is 9.59 Å². The van der Waals surface area contributed by atoms with Gasteiger partial charge >= 0.3 is 12.0 Å². The number of carbonyl (C=O) groups is 2. The van der Waals surface area contributed by atoms with Crippen LogP contribution < -0.4 is 10.6 Å². The molecule has 7 nitrogen and oxygen atoms in total. The van der Waals surface area contributed by atoms with Crippen molar-refractivity contribution in [2.24, 2.45) is 0 Å². The zero-order valence-electron chi connectivity index (χ0n) is 11.8. The minimum atomic E-state index is -0.904. The highest BCUT2D eigenvalue weighted by Gasteiger charge is 2.33. The van der Waals surface area contributed by atoms with Crippen molar-refractivity contribution in [3.63, 3.8) is 0 Å². The van der Waals surface area contributed by atoms with Crippen LogP contribution in [0.3, 0.4) is 0 Å². The minimum absolute atomic E-state index is 0.241. The van der Waals surface area contributed by atoms with Gasteiger partial charge in [-0.1, -0.05) is 0 Å². The van der Waals surface area contributed by atoms with Gasteiger partial charge in [0.1, 0.15) is 6.04 Å². The Morgan fingerprint density at radius 1 is 1.25 bits per heavy atom. The average Bonchev–Trinajstić information content (AvgIpc) is 2.94. The molecular formula is C13H24N4O3. The van der Waals surface area contributed by atoms with Gasteiger partial charge in [-0.15, -0.1) is 0 Å². The molecular weight excluding hydrogens is 260 g/mol. The highest BCUT2D eigenvalue weighted by molar-refractivity contribution is 5.83. The summed E-state index contributed by atoms with van der Waals surface area (Å²) in [7, 11) is 0. The van der Waals surface area contributed by atoms with E-state index in [2.05, 4.69) is 15.5 Å². The quantitative estimate of drug-likeness (QED) is 0.595. The Labute approximate surface area is 119 Å². The molecule has 2 aliphatic heterocycles. The fraction of sp³-hybridized carbons (Fsp3) is 0.846. The van der Waals surface area contributed by atoms with E-state index < -0.39 is 12.0 Å². The highest BCUT2D eigenvalue weighted by atomic mass is 16.4. The fourth-order valence-electron chi connectivity index (χ4n) is 2.80. The van der Waals surface area contributed by atoms with Crippen molar-refractivity contribution in [3.8, 4) is 0 Å². The van der Waals surface area contributed by atoms with Crippen molar-refractivity contribution in [3.05, 3.63) is 0 Å². The third kappa shape index (κ3) is 4.08. The van der Waals surface area contributed by atoms with Crippen LogP contribution in [0.5, 0.6) is 0 Å². The van der Waals surface area contributed by atoms with Crippen LogP contribution in [0, 0.1) is 0 Å². The summed E-state index contributed by atoms with van der Waals surface area (Å²) in [5.41, 5.74) is 0. The van der Waals surface area contributed by atoms with Gasteiger partial charge in [0.25, 0.3) is 0 Å². The SMILES string of the molecule is O=C(O)C1CCCN1C(=O)NCCCN1CCNCC1. The Bertz CT molecular complexity index is 345. The van der Waals surface area contributed by atoms with E-state index in [-0.39, 0.29) is 6.03 Å². The molecule has 1 atom stereocenters. The molecule has 2 rings (SSSR count). The first-order chi connectivity index (χ1) is 9.68. The number of hydrogen-bond acceptors (Lipinski definition) is 4. The number of nitrogens with one attached hydrogen (secondary N) is 2. The van der Waals surface area contributed by atoms with Gasteiger partial charge in [-0.3, -0.25) is 0 Å². The Balaban J connectivity index is 1.63. The van der Waals surface area contributed by atoms with E-state index >= 15 is 0 Å². The van der Waals surface area contributed by atoms with Crippen LogP contribution in [-0.2, 0) is 4.79 Å². The Hall–Kier alpha value is -1.34. The zero-order chi connectivity index (χ0) is 14.4. The number of piperazine rings is 1. The van der Waals surface area contributed by atoms with Crippen LogP contribution in [0.25, 0.3) is 0 Å². The summed E-state index contributed by atoms with van der Waals surface area (Å²) >= 11 is 0. The van der Waals surface area contributed by atoms with Crippen LogP contribution in [0.15, 0.2) is 0 Å². The van der Waals surface area contributed by atoms with Gasteiger partial charge < -0.3 is 25.5 Å². The fourth-order valence-corrected chi connectivity index (χ4v) is 2.80. The van der Waals surface area contributed by atoms with E-state index in [9.17, 15) is 9.59 Å². The van der Waals surface area contributed by atoms with Crippen LogP contribution in [0.4, 0.5) is 4.79 Å². The lowest BCUT2D eigenvalue weighted by Gasteiger charge is -2.27. The van der Waals surface area contributed by atoms with Crippen molar-refractivity contribution < 1.29 is 14.7 Å². The number of carboxylic acids is 1. The number of amides is 2. The Morgan fingerprint density at radius 3 is 2.70 bits per heavy atom. The molecule has 2 aliphatic rings. The van der Waals surface area contributed by atoms with Crippen molar-refractivity contribution in [1.82, 2.24) is 20.4 Å². The minimum Gasteiger partial charge on any atom is -0.480 e. The Morgan fingerprint density at radius 2 is 2.00 bits per heavy atom. The van der Waals surface area contributed by atoms with Gasteiger partial charge in [0, 0.05) is 39.3 Å². The summed E-state index contributed by atoms with van der Waals surface area (Å²) in [6, 6.07) is -0.890. The topological polar surface area (TPSA) is 84.9 Å². The number of nitrogens with zero attached hydrogens (tertiary/aromatic N) is 2. The van der Waals surface area contributed by atoms with E-state index in [0.717, 1.165) is 45.6 Å². The summed E-state index contributed by atoms with van der Waals surface area (Å²) in [5, 5.41) is 15.2. The number of likely N-dealkylation sites (tertiary alicyclic amines) is 1. The number of rotatable bonds is 5. The molecule has 0 spiro atoms. The number of carboxylic acid groups (broad SMARTS) is 1. The summed E-state index contributed by atoms with van der Waals surface area (Å²) in [5.74, 6) is -0.904. The van der Waals surface area contributed by atoms with Crippen molar-refractivity contribution in [2.45, 2.75) is 25.3 Å². The second-order valence-corrected chi connectivity index (χ2v) is 5.37. The van der Waals surface area contributed by atoms with Crippen LogP contribution >= 0.6 is 0 Å². The normalized spacial score (nSPS) is 23.8. The highest BCUT2D eigenvalue weighted by Crippen LogP contribution is 2.17. The monoisotopic (exact) mass is 284 g/mol. The maximum absolute atomic E-state index is 11.9. The smallest absolute Gasteiger partial charge is 0.326 e. The largest absolute Gasteiger partial charge is 0.480 e. The summed E-state index contributed by atoms with van der Waals surface area (Å²) in [4.78, 5) is 26.8. The molecule has 0 saturated carbocycles. The molecule has 1 unspecified atom stereocenters. The summed E-state index contributed by atoms with van der Waals surface area (Å²) in [6.45, 7) is 6.29. The summed E-state index contributed by atoms with van der Waals surface area (Å²) in [6.07, 6.45) is 2.23. The summed E-state index contributed by atoms with van der Waals surface area (Å²) < 4.78 is 0. The number of hydrogen-bond donors (Lipinski definition) is 3. The molecule has 0 radical (unpaired) electrons. The third-order valence-electron chi connectivity index (χ3n) is 3.94. The standard InChI is InChI=1S/C13H24N4O3/c18-12(19)11-3-1-8-17(11)13(20)15-4-2-7-16-9-5-14-6-10-16/h11,14H,1-10H2,(H,15,20)(H,18,19). The molecule has 0 aromatic carbocycles. The molecule has 0 aliphatic carbocycles. The maximum atomic E-state index is 11.9. The molecule has 2 amide bonds. The lowest BCUT2D eigenvalue weighted by atomic mass is 10.2. The molecule has 0 aromatic rings. The van der Waals surface area contributed by atoms with Gasteiger partial charge in [-0.05, 0) is 25.8 Å². The van der Waals surface area contributed by atoms with E-state index in [0.29, 0.717) is 19.5 Å². The van der Waals surface area contributed by atoms with Crippen molar-refractivity contribution in [1.29, 1.82) is 0 Å². The van der Waals surface area contributed by atoms with Crippen molar-refractivity contribution in [2.75, 3.05) is 45.8 Å². The number of carbonyl (C=O) groups excluding carboxylic acids is 1. The van der Waals surface area contributed by atoms with Gasteiger partial charge in [0.05, 0.1) is 0 Å². The van der Waals surface area contributed by atoms with Gasteiger partial charge in [0.2, 0.25) is 0 Å². The number of urea groups is 1. The molecule has 2 heterocycles. The van der Waals surface area contributed by atoms with E-state index in [4.69, 9.17) is 5.11 Å². The lowest BCUT2D eigenvalue weighted by Crippen LogP contribution is -2.47. The van der Waals surface area contributed by atoms with Crippen LogP contribution in [0.2, 0.25) is 0 Å². The average molecular weight is 284 g/mol. The molecule has 3 N–H and O–H groups in total. The second-order valence-electron chi connectivity index (χ2n) is 5.37. The van der Waals surface area contributed by atoms with Crippen LogP contribution in [-0.4, -0.2) is 78.8 Å². The zero-order valence-corrected chi connectivity index (χ0v) is 11.8. The molecule has 7 heteroatoms. The number of aliphatic carboxylic acids is 1. The predicted octanol–water partition coefficient (Wildman–Crippen LogP) is -0.460. The van der Waals surface area contributed by atoms with Crippen molar-refractivity contribution >= 4 is 12.0 Å². The second kappa shape index (κ2) is 7.44. The third-order valence-corrected chi connectivity index (χ3v) is 3.94. The first-order valence-corrected chi connectivity index (χ1v) is 7.39. The maximum Gasteiger partial charge on any atom is 0.326 e.